The van der Waals surface area contributed by atoms with Crippen LogP contribution in [0.25, 0.3) is 0 Å². The molecule has 3 atom stereocenters. The normalized spacial score (nSPS) is 22.3. The number of likely N-dealkylation sites (tertiary alicyclic amines) is 1. The summed E-state index contributed by atoms with van der Waals surface area (Å²) >= 11 is 0. The number of hydrogen-bond acceptors (Lipinski definition) is 4. The SMILES string of the molecule is COc1cc([C@@H](C)C[C@H]2CC[C@@H](c3ccc(C(=O)CC4CCN(CCO)CC4)cc3)C2)ccc1F. The molecule has 190 valence electrons. The Bertz CT molecular complexity index is 968. The van der Waals surface area contributed by atoms with Gasteiger partial charge in [-0.05, 0) is 98.5 Å². The third kappa shape index (κ3) is 6.71. The van der Waals surface area contributed by atoms with Crippen LogP contribution < -0.4 is 4.74 Å². The molecule has 1 saturated carbocycles. The van der Waals surface area contributed by atoms with Crippen molar-refractivity contribution in [2.24, 2.45) is 11.8 Å². The fourth-order valence-electron chi connectivity index (χ4n) is 6.09. The number of carbonyl (C=O) groups is 1. The summed E-state index contributed by atoms with van der Waals surface area (Å²) < 4.78 is 18.9. The summed E-state index contributed by atoms with van der Waals surface area (Å²) in [7, 11) is 1.51. The maximum Gasteiger partial charge on any atom is 0.165 e. The van der Waals surface area contributed by atoms with Gasteiger partial charge < -0.3 is 14.7 Å². The van der Waals surface area contributed by atoms with Crippen LogP contribution in [0.5, 0.6) is 5.75 Å². The maximum atomic E-state index is 13.8. The second-order valence-electron chi connectivity index (χ2n) is 10.7. The smallest absolute Gasteiger partial charge is 0.165 e. The number of Topliss-reactive ketones (excluding diaryl/α,β-unsaturated/α-hetero) is 1. The van der Waals surface area contributed by atoms with Gasteiger partial charge in [0.1, 0.15) is 0 Å². The average molecular weight is 482 g/mol. The van der Waals surface area contributed by atoms with Crippen LogP contribution in [0.4, 0.5) is 4.39 Å². The number of hydrogen-bond donors (Lipinski definition) is 1. The zero-order valence-corrected chi connectivity index (χ0v) is 21.2. The van der Waals surface area contributed by atoms with E-state index >= 15 is 0 Å². The zero-order valence-electron chi connectivity index (χ0n) is 21.2. The van der Waals surface area contributed by atoms with Crippen LogP contribution in [0.15, 0.2) is 42.5 Å². The summed E-state index contributed by atoms with van der Waals surface area (Å²) in [4.78, 5) is 15.1. The summed E-state index contributed by atoms with van der Waals surface area (Å²) in [6, 6.07) is 13.6. The lowest BCUT2D eigenvalue weighted by atomic mass is 9.87. The summed E-state index contributed by atoms with van der Waals surface area (Å²) in [5, 5.41) is 9.09. The van der Waals surface area contributed by atoms with Gasteiger partial charge in [0.15, 0.2) is 17.3 Å². The number of rotatable bonds is 10. The molecule has 5 heteroatoms. The standard InChI is InChI=1S/C30H40FNO3/c1-21(26-9-10-28(31)30(20-26)35-2)17-23-3-4-27(18-23)24-5-7-25(8-6-24)29(34)19-22-11-13-32(14-12-22)15-16-33/h5-10,20-23,27,33H,3-4,11-19H2,1-2H3/t21-,23+,27+/m0/s1. The number of piperidine rings is 1. The van der Waals surface area contributed by atoms with Crippen LogP contribution in [-0.4, -0.2) is 49.1 Å². The first-order valence-electron chi connectivity index (χ1n) is 13.3. The van der Waals surface area contributed by atoms with Crippen LogP contribution >= 0.6 is 0 Å². The minimum Gasteiger partial charge on any atom is -0.494 e. The van der Waals surface area contributed by atoms with E-state index in [2.05, 4.69) is 24.0 Å². The molecule has 0 aromatic heterocycles. The van der Waals surface area contributed by atoms with Crippen molar-refractivity contribution in [2.45, 2.75) is 63.7 Å². The molecule has 0 unspecified atom stereocenters. The van der Waals surface area contributed by atoms with Crippen LogP contribution in [0.1, 0.15) is 85.2 Å². The lowest BCUT2D eigenvalue weighted by Gasteiger charge is -2.31. The van der Waals surface area contributed by atoms with Crippen molar-refractivity contribution in [1.29, 1.82) is 0 Å². The molecule has 0 amide bonds. The predicted molar refractivity (Wildman–Crippen MR) is 138 cm³/mol. The van der Waals surface area contributed by atoms with E-state index < -0.39 is 0 Å². The highest BCUT2D eigenvalue weighted by Gasteiger charge is 2.28. The Morgan fingerprint density at radius 1 is 1.09 bits per heavy atom. The first kappa shape index (κ1) is 25.8. The van der Waals surface area contributed by atoms with Crippen molar-refractivity contribution >= 4 is 5.78 Å². The molecule has 0 bridgehead atoms. The molecule has 2 aromatic carbocycles. The number of β-amino-alcohol motifs (C(OH)–C–C–N with tert-alkyl or cyclic N) is 1. The summed E-state index contributed by atoms with van der Waals surface area (Å²) in [5.74, 6) is 2.29. The maximum absolute atomic E-state index is 13.8. The van der Waals surface area contributed by atoms with E-state index in [4.69, 9.17) is 9.84 Å². The first-order chi connectivity index (χ1) is 17.0. The van der Waals surface area contributed by atoms with Crippen LogP contribution in [-0.2, 0) is 0 Å². The van der Waals surface area contributed by atoms with Crippen molar-refractivity contribution in [2.75, 3.05) is 33.4 Å². The van der Waals surface area contributed by atoms with Gasteiger partial charge in [0.2, 0.25) is 0 Å². The summed E-state index contributed by atoms with van der Waals surface area (Å²) in [5.41, 5.74) is 3.31. The minimum absolute atomic E-state index is 0.209. The Labute approximate surface area is 209 Å². The van der Waals surface area contributed by atoms with Crippen molar-refractivity contribution < 1.29 is 19.0 Å². The van der Waals surface area contributed by atoms with E-state index in [1.807, 2.05) is 24.3 Å². The third-order valence-corrected chi connectivity index (χ3v) is 8.27. The second-order valence-corrected chi connectivity index (χ2v) is 10.7. The number of methoxy groups -OCH3 is 1. The molecule has 0 spiro atoms. The molecule has 1 saturated heterocycles. The van der Waals surface area contributed by atoms with E-state index in [9.17, 15) is 9.18 Å². The Kier molecular flexibility index (Phi) is 8.96. The first-order valence-corrected chi connectivity index (χ1v) is 13.3. The molecule has 2 fully saturated rings. The highest BCUT2D eigenvalue weighted by Crippen LogP contribution is 2.42. The molecule has 1 heterocycles. The summed E-state index contributed by atoms with van der Waals surface area (Å²) in [6.45, 7) is 5.13. The van der Waals surface area contributed by atoms with Crippen molar-refractivity contribution in [3.63, 3.8) is 0 Å². The van der Waals surface area contributed by atoms with Gasteiger partial charge in [0, 0.05) is 18.5 Å². The van der Waals surface area contributed by atoms with Crippen molar-refractivity contribution in [1.82, 2.24) is 4.90 Å². The Balaban J connectivity index is 1.26. The van der Waals surface area contributed by atoms with Crippen LogP contribution in [0.3, 0.4) is 0 Å². The van der Waals surface area contributed by atoms with Gasteiger partial charge in [-0.3, -0.25) is 4.79 Å². The fourth-order valence-corrected chi connectivity index (χ4v) is 6.09. The largest absolute Gasteiger partial charge is 0.494 e. The van der Waals surface area contributed by atoms with Gasteiger partial charge in [-0.1, -0.05) is 37.3 Å². The van der Waals surface area contributed by atoms with Crippen molar-refractivity contribution in [3.8, 4) is 5.75 Å². The number of halogens is 1. The second kappa shape index (κ2) is 12.1. The zero-order chi connectivity index (χ0) is 24.8. The highest BCUT2D eigenvalue weighted by atomic mass is 19.1. The van der Waals surface area contributed by atoms with Gasteiger partial charge in [-0.2, -0.15) is 0 Å². The number of ketones is 1. The van der Waals surface area contributed by atoms with Gasteiger partial charge in [-0.25, -0.2) is 4.39 Å². The lowest BCUT2D eigenvalue weighted by molar-refractivity contribution is 0.0916. The van der Waals surface area contributed by atoms with E-state index in [0.717, 1.165) is 50.0 Å². The molecule has 4 nitrogen and oxygen atoms in total. The average Bonchev–Trinajstić information content (AvgIpc) is 3.34. The quantitative estimate of drug-likeness (QED) is 0.411. The van der Waals surface area contributed by atoms with Gasteiger partial charge in [-0.15, -0.1) is 0 Å². The van der Waals surface area contributed by atoms with Gasteiger partial charge in [0.25, 0.3) is 0 Å². The Morgan fingerprint density at radius 3 is 2.51 bits per heavy atom. The van der Waals surface area contributed by atoms with E-state index in [1.54, 1.807) is 0 Å². The van der Waals surface area contributed by atoms with Crippen LogP contribution in [0, 0.1) is 17.7 Å². The van der Waals surface area contributed by atoms with Gasteiger partial charge >= 0.3 is 0 Å². The molecule has 1 aliphatic heterocycles. The molecular weight excluding hydrogens is 441 g/mol. The number of carbonyl (C=O) groups excluding carboxylic acids is 1. The molecule has 0 radical (unpaired) electrons. The molecule has 2 aliphatic rings. The number of aliphatic hydroxyl groups excluding tert-OH is 1. The number of aliphatic hydroxyl groups is 1. The molecule has 4 rings (SSSR count). The molecule has 1 aliphatic carbocycles. The molecule has 2 aromatic rings. The fraction of sp³-hybridized carbons (Fsp3) is 0.567. The Morgan fingerprint density at radius 2 is 1.83 bits per heavy atom. The van der Waals surface area contributed by atoms with Crippen molar-refractivity contribution in [3.05, 3.63) is 65.0 Å². The molecular formula is C30H40FNO3. The number of nitrogens with zero attached hydrogens (tertiary/aromatic N) is 1. The van der Waals surface area contributed by atoms with E-state index in [0.29, 0.717) is 35.8 Å². The lowest BCUT2D eigenvalue weighted by Crippen LogP contribution is -2.36. The van der Waals surface area contributed by atoms with E-state index in [-0.39, 0.29) is 18.2 Å². The third-order valence-electron chi connectivity index (χ3n) is 8.27. The number of ether oxygens (including phenoxy) is 1. The topological polar surface area (TPSA) is 49.8 Å². The Hall–Kier alpha value is -2.24. The monoisotopic (exact) mass is 481 g/mol. The summed E-state index contributed by atoms with van der Waals surface area (Å²) in [6.07, 6.45) is 7.37. The molecule has 1 N–H and O–H groups in total. The number of benzene rings is 2. The van der Waals surface area contributed by atoms with Crippen LogP contribution in [0.2, 0.25) is 0 Å². The molecule has 35 heavy (non-hydrogen) atoms. The predicted octanol–water partition coefficient (Wildman–Crippen LogP) is 6.19. The highest BCUT2D eigenvalue weighted by molar-refractivity contribution is 5.96. The van der Waals surface area contributed by atoms with E-state index in [1.165, 1.54) is 38.0 Å². The van der Waals surface area contributed by atoms with Gasteiger partial charge in [0.05, 0.1) is 13.7 Å². The minimum atomic E-state index is -0.310.